The van der Waals surface area contributed by atoms with E-state index >= 15 is 0 Å². The maximum absolute atomic E-state index is 12.7. The molecule has 0 saturated heterocycles. The fourth-order valence-electron chi connectivity index (χ4n) is 3.75. The third-order valence-electron chi connectivity index (χ3n) is 5.37. The Morgan fingerprint density at radius 3 is 2.69 bits per heavy atom. The topological polar surface area (TPSA) is 113 Å². The molecule has 3 aromatic rings. The third-order valence-corrected chi connectivity index (χ3v) is 5.37. The minimum absolute atomic E-state index is 0.0640. The van der Waals surface area contributed by atoms with Crippen molar-refractivity contribution in [3.8, 4) is 5.88 Å². The van der Waals surface area contributed by atoms with Crippen LogP contribution in [0.15, 0.2) is 45.2 Å². The van der Waals surface area contributed by atoms with Crippen molar-refractivity contribution in [2.24, 2.45) is 19.2 Å². The van der Waals surface area contributed by atoms with E-state index in [-0.39, 0.29) is 30.0 Å². The number of hydrogen-bond acceptors (Lipinski definition) is 5. The molecule has 1 amide bonds. The van der Waals surface area contributed by atoms with Crippen molar-refractivity contribution in [2.45, 2.75) is 25.8 Å². The van der Waals surface area contributed by atoms with Crippen LogP contribution in [0.25, 0.3) is 10.9 Å². The number of carbonyl (C=O) groups is 1. The predicted octanol–water partition coefficient (Wildman–Crippen LogP) is 1.36. The molecule has 0 spiro atoms. The summed E-state index contributed by atoms with van der Waals surface area (Å²) in [5.74, 6) is -0.656. The van der Waals surface area contributed by atoms with Crippen LogP contribution in [0.2, 0.25) is 0 Å². The summed E-state index contributed by atoms with van der Waals surface area (Å²) < 4.78 is 1.91. The van der Waals surface area contributed by atoms with Crippen LogP contribution in [-0.2, 0) is 18.9 Å². The molecule has 0 saturated carbocycles. The third kappa shape index (κ3) is 2.77. The molecule has 9 heteroatoms. The van der Waals surface area contributed by atoms with Crippen molar-refractivity contribution in [3.63, 3.8) is 0 Å². The lowest BCUT2D eigenvalue weighted by molar-refractivity contribution is -0.132. The number of para-hydroxylation sites is 1. The van der Waals surface area contributed by atoms with Gasteiger partial charge in [-0.15, -0.1) is 0 Å². The van der Waals surface area contributed by atoms with Gasteiger partial charge in [-0.3, -0.25) is 18.7 Å². The highest BCUT2D eigenvalue weighted by Gasteiger charge is 2.36. The number of aromatic hydroxyl groups is 1. The zero-order valence-electron chi connectivity index (χ0n) is 16.3. The molecule has 0 unspecified atom stereocenters. The zero-order valence-corrected chi connectivity index (χ0v) is 16.3. The smallest absolute Gasteiger partial charge is 0.333 e. The van der Waals surface area contributed by atoms with Gasteiger partial charge < -0.3 is 10.1 Å². The van der Waals surface area contributed by atoms with Crippen LogP contribution in [0.4, 0.5) is 0 Å². The van der Waals surface area contributed by atoms with Crippen LogP contribution in [0.3, 0.4) is 0 Å². The molecule has 4 rings (SSSR count). The first kappa shape index (κ1) is 18.7. The molecular weight excluding hydrogens is 374 g/mol. The van der Waals surface area contributed by atoms with Gasteiger partial charge in [0.1, 0.15) is 5.56 Å². The van der Waals surface area contributed by atoms with Crippen molar-refractivity contribution >= 4 is 22.5 Å². The summed E-state index contributed by atoms with van der Waals surface area (Å²) in [4.78, 5) is 40.5. The van der Waals surface area contributed by atoms with Gasteiger partial charge in [-0.2, -0.15) is 5.10 Å². The molecule has 1 atom stereocenters. The van der Waals surface area contributed by atoms with E-state index in [4.69, 9.17) is 0 Å². The second-order valence-corrected chi connectivity index (χ2v) is 7.05. The monoisotopic (exact) mass is 395 g/mol. The number of H-pyrrole nitrogens is 1. The minimum Gasteiger partial charge on any atom is -0.494 e. The molecule has 0 bridgehead atoms. The SMILES string of the molecule is CCC(=O)N1N=C(c2c(O)n(C)c(=O)n(C)c2=O)C[C@@H]1c1c[nH]c2ccccc12. The Morgan fingerprint density at radius 2 is 1.97 bits per heavy atom. The highest BCUT2D eigenvalue weighted by molar-refractivity contribution is 6.05. The van der Waals surface area contributed by atoms with Crippen molar-refractivity contribution < 1.29 is 9.90 Å². The van der Waals surface area contributed by atoms with Crippen molar-refractivity contribution in [2.75, 3.05) is 0 Å². The maximum Gasteiger partial charge on any atom is 0.333 e. The molecule has 1 aliphatic heterocycles. The average molecular weight is 395 g/mol. The molecule has 0 aliphatic carbocycles. The van der Waals surface area contributed by atoms with Crippen molar-refractivity contribution in [1.82, 2.24) is 19.1 Å². The molecule has 2 aromatic heterocycles. The fraction of sp³-hybridized carbons (Fsp3) is 0.300. The molecule has 9 nitrogen and oxygen atoms in total. The number of hydrogen-bond donors (Lipinski definition) is 2. The number of fused-ring (bicyclic) bond motifs is 1. The van der Waals surface area contributed by atoms with E-state index < -0.39 is 23.2 Å². The number of carbonyl (C=O) groups excluding carboxylic acids is 1. The van der Waals surface area contributed by atoms with Gasteiger partial charge in [0.15, 0.2) is 0 Å². The van der Waals surface area contributed by atoms with Crippen LogP contribution < -0.4 is 11.2 Å². The standard InChI is InChI=1S/C20H21N5O4/c1-4-16(26)25-15(12-10-21-13-8-6-5-7-11(12)13)9-14(22-25)17-18(27)23(2)20(29)24(3)19(17)28/h5-8,10,15,21,27H,4,9H2,1-3H3/t15-/m1/s1. The van der Waals surface area contributed by atoms with Crippen LogP contribution in [0, 0.1) is 0 Å². The summed E-state index contributed by atoms with van der Waals surface area (Å²) in [5, 5.41) is 17.2. The second-order valence-electron chi connectivity index (χ2n) is 7.05. The van der Waals surface area contributed by atoms with Gasteiger partial charge >= 0.3 is 5.69 Å². The van der Waals surface area contributed by atoms with Gasteiger partial charge in [-0.1, -0.05) is 25.1 Å². The molecule has 29 heavy (non-hydrogen) atoms. The number of nitrogens with one attached hydrogen (secondary N) is 1. The Kier molecular flexibility index (Phi) is 4.37. The van der Waals surface area contributed by atoms with E-state index in [1.54, 1.807) is 6.92 Å². The van der Waals surface area contributed by atoms with Gasteiger partial charge in [0.2, 0.25) is 11.8 Å². The first-order valence-electron chi connectivity index (χ1n) is 9.30. The second kappa shape index (κ2) is 6.77. The van der Waals surface area contributed by atoms with E-state index in [0.717, 1.165) is 25.6 Å². The number of aromatic nitrogens is 3. The summed E-state index contributed by atoms with van der Waals surface area (Å²) in [6, 6.07) is 7.30. The lowest BCUT2D eigenvalue weighted by atomic mass is 9.98. The number of aromatic amines is 1. The Bertz CT molecular complexity index is 1280. The Balaban J connectivity index is 1.87. The normalized spacial score (nSPS) is 16.4. The maximum atomic E-state index is 12.7. The lowest BCUT2D eigenvalue weighted by Crippen LogP contribution is -2.39. The lowest BCUT2D eigenvalue weighted by Gasteiger charge is -2.20. The van der Waals surface area contributed by atoms with E-state index in [1.165, 1.54) is 19.1 Å². The first-order valence-corrected chi connectivity index (χ1v) is 9.30. The number of nitrogens with zero attached hydrogens (tertiary/aromatic N) is 4. The van der Waals surface area contributed by atoms with Gasteiger partial charge in [0.25, 0.3) is 5.56 Å². The molecule has 2 N–H and O–H groups in total. The van der Waals surface area contributed by atoms with Gasteiger partial charge in [-0.05, 0) is 6.07 Å². The number of hydrazone groups is 1. The van der Waals surface area contributed by atoms with E-state index in [9.17, 15) is 19.5 Å². The zero-order chi connectivity index (χ0) is 20.9. The van der Waals surface area contributed by atoms with Crippen LogP contribution in [-0.4, -0.2) is 35.9 Å². The Labute approximate surface area is 165 Å². The highest BCUT2D eigenvalue weighted by Crippen LogP contribution is 2.37. The largest absolute Gasteiger partial charge is 0.494 e. The molecule has 150 valence electrons. The summed E-state index contributed by atoms with van der Waals surface area (Å²) in [5.41, 5.74) is 0.738. The van der Waals surface area contributed by atoms with Gasteiger partial charge in [0, 0.05) is 49.6 Å². The number of rotatable bonds is 3. The van der Waals surface area contributed by atoms with Crippen molar-refractivity contribution in [1.29, 1.82) is 0 Å². The molecule has 1 aromatic carbocycles. The summed E-state index contributed by atoms with van der Waals surface area (Å²) in [6.45, 7) is 1.74. The summed E-state index contributed by atoms with van der Waals surface area (Å²) >= 11 is 0. The van der Waals surface area contributed by atoms with Crippen LogP contribution in [0.5, 0.6) is 5.88 Å². The van der Waals surface area contributed by atoms with E-state index in [0.29, 0.717) is 0 Å². The van der Waals surface area contributed by atoms with Gasteiger partial charge in [0.05, 0.1) is 11.8 Å². The molecule has 1 aliphatic rings. The first-order chi connectivity index (χ1) is 13.8. The average Bonchev–Trinajstić information content (AvgIpc) is 3.34. The predicted molar refractivity (Wildman–Crippen MR) is 108 cm³/mol. The molecule has 0 fully saturated rings. The van der Waals surface area contributed by atoms with E-state index in [2.05, 4.69) is 10.1 Å². The number of amides is 1. The molecule has 3 heterocycles. The molecule has 0 radical (unpaired) electrons. The fourth-order valence-corrected chi connectivity index (χ4v) is 3.75. The Morgan fingerprint density at radius 1 is 1.24 bits per heavy atom. The molecular formula is C20H21N5O4. The quantitative estimate of drug-likeness (QED) is 0.697. The van der Waals surface area contributed by atoms with Gasteiger partial charge in [-0.25, -0.2) is 9.80 Å². The summed E-state index contributed by atoms with van der Waals surface area (Å²) in [7, 11) is 2.72. The minimum atomic E-state index is -0.646. The van der Waals surface area contributed by atoms with Crippen LogP contribution >= 0.6 is 0 Å². The van der Waals surface area contributed by atoms with Crippen molar-refractivity contribution in [3.05, 3.63) is 62.4 Å². The number of benzene rings is 1. The Hall–Kier alpha value is -3.62. The van der Waals surface area contributed by atoms with Crippen LogP contribution in [0.1, 0.15) is 36.9 Å². The van der Waals surface area contributed by atoms with E-state index in [1.807, 2.05) is 30.5 Å². The summed E-state index contributed by atoms with van der Waals surface area (Å²) in [6.07, 6.45) is 2.32. The highest BCUT2D eigenvalue weighted by atomic mass is 16.3.